The second kappa shape index (κ2) is 6.36. The monoisotopic (exact) mass is 279 g/mol. The van der Waals surface area contributed by atoms with Gasteiger partial charge in [0.2, 0.25) is 5.91 Å². The molecular weight excluding hydrogens is 261 g/mol. The Morgan fingerprint density at radius 1 is 1.30 bits per heavy atom. The standard InChI is InChI=1S/C14H18FN3O2/c1-10(19)18(13-6-2-11(15)3-7-13)9-8-16-14(20)17-12-4-5-12/h2-3,6-7,12H,4-5,8-9H2,1H3,(H2,16,17,20). The Morgan fingerprint density at radius 2 is 1.95 bits per heavy atom. The zero-order chi connectivity index (χ0) is 14.5. The highest BCUT2D eigenvalue weighted by Crippen LogP contribution is 2.18. The lowest BCUT2D eigenvalue weighted by Gasteiger charge is -2.21. The van der Waals surface area contributed by atoms with Crippen LogP contribution >= 0.6 is 0 Å². The van der Waals surface area contributed by atoms with Crippen molar-refractivity contribution in [2.45, 2.75) is 25.8 Å². The second-order valence-corrected chi connectivity index (χ2v) is 4.82. The van der Waals surface area contributed by atoms with E-state index >= 15 is 0 Å². The third kappa shape index (κ3) is 4.22. The number of amides is 3. The quantitative estimate of drug-likeness (QED) is 0.860. The first-order valence-corrected chi connectivity index (χ1v) is 6.64. The number of hydrogen-bond donors (Lipinski definition) is 2. The molecule has 1 aromatic carbocycles. The van der Waals surface area contributed by atoms with Crippen LogP contribution in [0, 0.1) is 5.82 Å². The van der Waals surface area contributed by atoms with E-state index in [9.17, 15) is 14.0 Å². The maximum Gasteiger partial charge on any atom is 0.315 e. The lowest BCUT2D eigenvalue weighted by molar-refractivity contribution is -0.116. The molecule has 0 heterocycles. The third-order valence-electron chi connectivity index (χ3n) is 3.05. The number of anilines is 1. The molecule has 0 spiro atoms. The van der Waals surface area contributed by atoms with Gasteiger partial charge in [-0.25, -0.2) is 9.18 Å². The number of hydrogen-bond acceptors (Lipinski definition) is 2. The molecule has 0 saturated heterocycles. The van der Waals surface area contributed by atoms with E-state index in [1.54, 1.807) is 12.1 Å². The van der Waals surface area contributed by atoms with Crippen molar-refractivity contribution in [1.29, 1.82) is 0 Å². The summed E-state index contributed by atoms with van der Waals surface area (Å²) >= 11 is 0. The topological polar surface area (TPSA) is 61.4 Å². The summed E-state index contributed by atoms with van der Waals surface area (Å²) in [4.78, 5) is 24.5. The number of rotatable bonds is 5. The summed E-state index contributed by atoms with van der Waals surface area (Å²) < 4.78 is 12.9. The molecule has 1 fully saturated rings. The van der Waals surface area contributed by atoms with Crippen molar-refractivity contribution >= 4 is 17.6 Å². The van der Waals surface area contributed by atoms with E-state index in [-0.39, 0.29) is 17.8 Å². The van der Waals surface area contributed by atoms with E-state index in [0.29, 0.717) is 24.8 Å². The summed E-state index contributed by atoms with van der Waals surface area (Å²) in [5.74, 6) is -0.500. The van der Waals surface area contributed by atoms with Crippen LogP contribution in [-0.2, 0) is 4.79 Å². The van der Waals surface area contributed by atoms with Gasteiger partial charge in [0.15, 0.2) is 0 Å². The maximum atomic E-state index is 12.9. The molecule has 0 atom stereocenters. The summed E-state index contributed by atoms with van der Waals surface area (Å²) in [6.07, 6.45) is 2.06. The van der Waals surface area contributed by atoms with Crippen molar-refractivity contribution in [3.63, 3.8) is 0 Å². The number of urea groups is 1. The van der Waals surface area contributed by atoms with Gasteiger partial charge in [0, 0.05) is 31.7 Å². The van der Waals surface area contributed by atoms with Crippen molar-refractivity contribution in [3.8, 4) is 0 Å². The molecule has 0 aromatic heterocycles. The molecule has 0 aliphatic heterocycles. The van der Waals surface area contributed by atoms with Gasteiger partial charge in [0.05, 0.1) is 0 Å². The number of nitrogens with one attached hydrogen (secondary N) is 2. The minimum atomic E-state index is -0.348. The summed E-state index contributed by atoms with van der Waals surface area (Å²) in [6, 6.07) is 5.78. The summed E-state index contributed by atoms with van der Waals surface area (Å²) in [5.41, 5.74) is 0.614. The van der Waals surface area contributed by atoms with Crippen molar-refractivity contribution in [2.24, 2.45) is 0 Å². The molecule has 0 unspecified atom stereocenters. The van der Waals surface area contributed by atoms with Crippen LogP contribution < -0.4 is 15.5 Å². The van der Waals surface area contributed by atoms with Crippen molar-refractivity contribution in [2.75, 3.05) is 18.0 Å². The molecule has 2 N–H and O–H groups in total. The van der Waals surface area contributed by atoms with Gasteiger partial charge in [-0.05, 0) is 37.1 Å². The predicted molar refractivity (Wildman–Crippen MR) is 74.0 cm³/mol. The van der Waals surface area contributed by atoms with Gasteiger partial charge >= 0.3 is 6.03 Å². The van der Waals surface area contributed by atoms with E-state index < -0.39 is 0 Å². The average molecular weight is 279 g/mol. The maximum absolute atomic E-state index is 12.9. The fraction of sp³-hybridized carbons (Fsp3) is 0.429. The number of halogens is 1. The van der Waals surface area contributed by atoms with Gasteiger partial charge in [-0.3, -0.25) is 4.79 Å². The molecule has 5 nitrogen and oxygen atoms in total. The summed E-state index contributed by atoms with van der Waals surface area (Å²) in [6.45, 7) is 2.13. The Labute approximate surface area is 117 Å². The van der Waals surface area contributed by atoms with Gasteiger partial charge in [0.1, 0.15) is 5.82 Å². The number of nitrogens with zero attached hydrogens (tertiary/aromatic N) is 1. The molecule has 20 heavy (non-hydrogen) atoms. The Kier molecular flexibility index (Phi) is 4.55. The molecule has 108 valence electrons. The number of benzene rings is 1. The van der Waals surface area contributed by atoms with Gasteiger partial charge in [-0.1, -0.05) is 0 Å². The van der Waals surface area contributed by atoms with Crippen LogP contribution in [-0.4, -0.2) is 31.1 Å². The average Bonchev–Trinajstić information content (AvgIpc) is 3.19. The highest BCUT2D eigenvalue weighted by Gasteiger charge is 2.23. The Hall–Kier alpha value is -2.11. The first-order valence-electron chi connectivity index (χ1n) is 6.64. The number of carbonyl (C=O) groups is 2. The van der Waals surface area contributed by atoms with Crippen LogP contribution in [0.5, 0.6) is 0 Å². The van der Waals surface area contributed by atoms with E-state index in [1.807, 2.05) is 0 Å². The molecule has 3 amide bonds. The Bertz CT molecular complexity index is 486. The Balaban J connectivity index is 1.84. The van der Waals surface area contributed by atoms with Crippen molar-refractivity contribution < 1.29 is 14.0 Å². The molecule has 1 saturated carbocycles. The largest absolute Gasteiger partial charge is 0.336 e. The van der Waals surface area contributed by atoms with Gasteiger partial charge in [0.25, 0.3) is 0 Å². The highest BCUT2D eigenvalue weighted by atomic mass is 19.1. The summed E-state index contributed by atoms with van der Waals surface area (Å²) in [7, 11) is 0. The second-order valence-electron chi connectivity index (χ2n) is 4.82. The lowest BCUT2D eigenvalue weighted by atomic mass is 10.2. The fourth-order valence-electron chi connectivity index (χ4n) is 1.83. The van der Waals surface area contributed by atoms with Crippen LogP contribution in [0.2, 0.25) is 0 Å². The third-order valence-corrected chi connectivity index (χ3v) is 3.05. The zero-order valence-electron chi connectivity index (χ0n) is 11.4. The van der Waals surface area contributed by atoms with Crippen LogP contribution in [0.25, 0.3) is 0 Å². The van der Waals surface area contributed by atoms with E-state index in [1.165, 1.54) is 24.0 Å². The molecule has 0 radical (unpaired) electrons. The van der Waals surface area contributed by atoms with E-state index in [4.69, 9.17) is 0 Å². The molecule has 1 aliphatic rings. The fourth-order valence-corrected chi connectivity index (χ4v) is 1.83. The molecule has 1 aliphatic carbocycles. The van der Waals surface area contributed by atoms with Crippen LogP contribution in [0.15, 0.2) is 24.3 Å². The summed E-state index contributed by atoms with van der Waals surface area (Å²) in [5, 5.41) is 5.50. The number of carbonyl (C=O) groups excluding carboxylic acids is 2. The smallest absolute Gasteiger partial charge is 0.315 e. The minimum absolute atomic E-state index is 0.152. The van der Waals surface area contributed by atoms with Gasteiger partial charge in [-0.15, -0.1) is 0 Å². The molecule has 0 bridgehead atoms. The lowest BCUT2D eigenvalue weighted by Crippen LogP contribution is -2.42. The van der Waals surface area contributed by atoms with Crippen LogP contribution in [0.1, 0.15) is 19.8 Å². The zero-order valence-corrected chi connectivity index (χ0v) is 11.4. The first kappa shape index (κ1) is 14.3. The van der Waals surface area contributed by atoms with Crippen molar-refractivity contribution in [3.05, 3.63) is 30.1 Å². The SMILES string of the molecule is CC(=O)N(CCNC(=O)NC1CC1)c1ccc(F)cc1. The predicted octanol–water partition coefficient (Wildman–Crippen LogP) is 1.64. The molecule has 1 aromatic rings. The van der Waals surface area contributed by atoms with E-state index in [2.05, 4.69) is 10.6 Å². The van der Waals surface area contributed by atoms with Crippen LogP contribution in [0.3, 0.4) is 0 Å². The molecule has 2 rings (SSSR count). The molecule has 6 heteroatoms. The first-order chi connectivity index (χ1) is 9.56. The minimum Gasteiger partial charge on any atom is -0.336 e. The molecular formula is C14H18FN3O2. The normalized spacial score (nSPS) is 13.7. The van der Waals surface area contributed by atoms with Crippen LogP contribution in [0.4, 0.5) is 14.9 Å². The Morgan fingerprint density at radius 3 is 2.50 bits per heavy atom. The highest BCUT2D eigenvalue weighted by molar-refractivity contribution is 5.91. The van der Waals surface area contributed by atoms with Gasteiger partial charge in [-0.2, -0.15) is 0 Å². The van der Waals surface area contributed by atoms with E-state index in [0.717, 1.165) is 12.8 Å². The van der Waals surface area contributed by atoms with Crippen molar-refractivity contribution in [1.82, 2.24) is 10.6 Å². The van der Waals surface area contributed by atoms with Gasteiger partial charge < -0.3 is 15.5 Å².